The van der Waals surface area contributed by atoms with E-state index < -0.39 is 0 Å². The van der Waals surface area contributed by atoms with Gasteiger partial charge in [0.15, 0.2) is 0 Å². The first kappa shape index (κ1) is 7.25. The van der Waals surface area contributed by atoms with Crippen molar-refractivity contribution in [3.63, 3.8) is 0 Å². The zero-order chi connectivity index (χ0) is 7.56. The van der Waals surface area contributed by atoms with E-state index in [0.29, 0.717) is 13.0 Å². The highest BCUT2D eigenvalue weighted by Gasteiger charge is 2.23. The molecule has 1 atom stereocenters. The number of carbonyl (C=O) groups is 2. The topological polar surface area (TPSA) is 43.4 Å². The SMILES string of the molecule is CC(=O)C1CCOC(=O)C1. The Kier molecular flexibility index (Phi) is 2.04. The van der Waals surface area contributed by atoms with Gasteiger partial charge in [-0.1, -0.05) is 0 Å². The van der Waals surface area contributed by atoms with Gasteiger partial charge >= 0.3 is 5.97 Å². The lowest BCUT2D eigenvalue weighted by Crippen LogP contribution is -2.25. The Morgan fingerprint density at radius 1 is 1.70 bits per heavy atom. The summed E-state index contributed by atoms with van der Waals surface area (Å²) in [5.41, 5.74) is 0. The molecule has 0 saturated carbocycles. The third kappa shape index (κ3) is 1.56. The van der Waals surface area contributed by atoms with Crippen molar-refractivity contribution in [3.05, 3.63) is 0 Å². The summed E-state index contributed by atoms with van der Waals surface area (Å²) in [5, 5.41) is 0. The average Bonchev–Trinajstić information content (AvgIpc) is 1.88. The molecule has 0 bridgehead atoms. The molecule has 1 aliphatic heterocycles. The lowest BCUT2D eigenvalue weighted by molar-refractivity contribution is -0.151. The Balaban J connectivity index is 2.47. The van der Waals surface area contributed by atoms with Gasteiger partial charge in [-0.25, -0.2) is 0 Å². The molecular weight excluding hydrogens is 132 g/mol. The summed E-state index contributed by atoms with van der Waals surface area (Å²) in [4.78, 5) is 21.3. The number of Topliss-reactive ketones (excluding diaryl/α,β-unsaturated/α-hetero) is 1. The fraction of sp³-hybridized carbons (Fsp3) is 0.714. The number of carbonyl (C=O) groups excluding carboxylic acids is 2. The molecule has 0 spiro atoms. The summed E-state index contributed by atoms with van der Waals surface area (Å²) >= 11 is 0. The third-order valence-corrected chi connectivity index (χ3v) is 1.72. The van der Waals surface area contributed by atoms with Crippen LogP contribution in [0.3, 0.4) is 0 Å². The highest BCUT2D eigenvalue weighted by Crippen LogP contribution is 2.15. The molecule has 1 heterocycles. The second-order valence-corrected chi connectivity index (χ2v) is 2.52. The smallest absolute Gasteiger partial charge is 0.306 e. The van der Waals surface area contributed by atoms with Crippen molar-refractivity contribution >= 4 is 11.8 Å². The number of cyclic esters (lactones) is 1. The molecule has 1 aliphatic rings. The first-order chi connectivity index (χ1) is 4.70. The summed E-state index contributed by atoms with van der Waals surface area (Å²) in [6.45, 7) is 1.92. The van der Waals surface area contributed by atoms with Crippen molar-refractivity contribution in [1.29, 1.82) is 0 Å². The van der Waals surface area contributed by atoms with E-state index in [1.54, 1.807) is 0 Å². The maximum absolute atomic E-state index is 10.7. The average molecular weight is 142 g/mol. The molecule has 1 rings (SSSR count). The molecule has 1 saturated heterocycles. The molecule has 1 fully saturated rings. The molecule has 0 aromatic carbocycles. The van der Waals surface area contributed by atoms with E-state index >= 15 is 0 Å². The lowest BCUT2D eigenvalue weighted by atomic mass is 9.96. The normalized spacial score (nSPS) is 25.7. The summed E-state index contributed by atoms with van der Waals surface area (Å²) in [6, 6.07) is 0. The van der Waals surface area contributed by atoms with Gasteiger partial charge in [0, 0.05) is 5.92 Å². The molecule has 0 radical (unpaired) electrons. The van der Waals surface area contributed by atoms with Crippen LogP contribution in [-0.2, 0) is 14.3 Å². The Bertz CT molecular complexity index is 160. The fourth-order valence-corrected chi connectivity index (χ4v) is 1.02. The van der Waals surface area contributed by atoms with Gasteiger partial charge in [0.05, 0.1) is 13.0 Å². The summed E-state index contributed by atoms with van der Waals surface area (Å²) in [6.07, 6.45) is 0.969. The van der Waals surface area contributed by atoms with Crippen LogP contribution < -0.4 is 0 Å². The van der Waals surface area contributed by atoms with Crippen molar-refractivity contribution in [2.24, 2.45) is 5.92 Å². The van der Waals surface area contributed by atoms with Crippen molar-refractivity contribution in [3.8, 4) is 0 Å². The van der Waals surface area contributed by atoms with E-state index in [1.165, 1.54) is 6.92 Å². The van der Waals surface area contributed by atoms with Gasteiger partial charge in [-0.2, -0.15) is 0 Å². The Labute approximate surface area is 59.4 Å². The van der Waals surface area contributed by atoms with Crippen molar-refractivity contribution in [2.75, 3.05) is 6.61 Å². The van der Waals surface area contributed by atoms with Gasteiger partial charge in [0.1, 0.15) is 5.78 Å². The van der Waals surface area contributed by atoms with E-state index in [2.05, 4.69) is 4.74 Å². The number of hydrogen-bond acceptors (Lipinski definition) is 3. The third-order valence-electron chi connectivity index (χ3n) is 1.72. The van der Waals surface area contributed by atoms with Gasteiger partial charge in [-0.3, -0.25) is 9.59 Å². The Morgan fingerprint density at radius 2 is 2.40 bits per heavy atom. The molecule has 0 aromatic heterocycles. The lowest BCUT2D eigenvalue weighted by Gasteiger charge is -2.17. The van der Waals surface area contributed by atoms with Crippen molar-refractivity contribution in [2.45, 2.75) is 19.8 Å². The van der Waals surface area contributed by atoms with Gasteiger partial charge in [-0.05, 0) is 13.3 Å². The van der Waals surface area contributed by atoms with Gasteiger partial charge in [0.25, 0.3) is 0 Å². The number of ketones is 1. The summed E-state index contributed by atoms with van der Waals surface area (Å²) < 4.78 is 4.67. The molecule has 3 nitrogen and oxygen atoms in total. The first-order valence-electron chi connectivity index (χ1n) is 3.36. The van der Waals surface area contributed by atoms with Gasteiger partial charge in [-0.15, -0.1) is 0 Å². The van der Waals surface area contributed by atoms with E-state index in [-0.39, 0.29) is 24.1 Å². The van der Waals surface area contributed by atoms with Crippen molar-refractivity contribution in [1.82, 2.24) is 0 Å². The zero-order valence-electron chi connectivity index (χ0n) is 5.92. The molecule has 0 N–H and O–H groups in total. The molecule has 0 aromatic rings. The van der Waals surface area contributed by atoms with E-state index in [9.17, 15) is 9.59 Å². The molecule has 0 amide bonds. The number of hydrogen-bond donors (Lipinski definition) is 0. The predicted octanol–water partition coefficient (Wildman–Crippen LogP) is 0.529. The second kappa shape index (κ2) is 2.82. The highest BCUT2D eigenvalue weighted by atomic mass is 16.5. The number of esters is 1. The van der Waals surface area contributed by atoms with Crippen molar-refractivity contribution < 1.29 is 14.3 Å². The minimum Gasteiger partial charge on any atom is -0.466 e. The van der Waals surface area contributed by atoms with E-state index in [1.807, 2.05) is 0 Å². The Morgan fingerprint density at radius 3 is 2.80 bits per heavy atom. The monoisotopic (exact) mass is 142 g/mol. The largest absolute Gasteiger partial charge is 0.466 e. The molecule has 0 aliphatic carbocycles. The first-order valence-corrected chi connectivity index (χ1v) is 3.36. The Hall–Kier alpha value is -0.860. The maximum Gasteiger partial charge on any atom is 0.306 e. The zero-order valence-corrected chi connectivity index (χ0v) is 5.92. The quantitative estimate of drug-likeness (QED) is 0.501. The van der Waals surface area contributed by atoms with Crippen LogP contribution in [-0.4, -0.2) is 18.4 Å². The standard InChI is InChI=1S/C7H10O3/c1-5(8)6-2-3-10-7(9)4-6/h6H,2-4H2,1H3. The van der Waals surface area contributed by atoms with Crippen LogP contribution in [0, 0.1) is 5.92 Å². The van der Waals surface area contributed by atoms with Crippen LogP contribution in [0.2, 0.25) is 0 Å². The maximum atomic E-state index is 10.7. The van der Waals surface area contributed by atoms with E-state index in [0.717, 1.165) is 0 Å². The molecule has 56 valence electrons. The van der Waals surface area contributed by atoms with Crippen LogP contribution in [0.25, 0.3) is 0 Å². The minimum absolute atomic E-state index is 0.0822. The fourth-order valence-electron chi connectivity index (χ4n) is 1.02. The molecule has 1 unspecified atom stereocenters. The molecular formula is C7H10O3. The van der Waals surface area contributed by atoms with Crippen LogP contribution in [0.5, 0.6) is 0 Å². The van der Waals surface area contributed by atoms with Gasteiger partial charge < -0.3 is 4.74 Å². The van der Waals surface area contributed by atoms with Gasteiger partial charge in [0.2, 0.25) is 0 Å². The highest BCUT2D eigenvalue weighted by molar-refractivity contribution is 5.84. The summed E-state index contributed by atoms with van der Waals surface area (Å²) in [7, 11) is 0. The number of rotatable bonds is 1. The van der Waals surface area contributed by atoms with Crippen LogP contribution in [0.1, 0.15) is 19.8 Å². The second-order valence-electron chi connectivity index (χ2n) is 2.52. The minimum atomic E-state index is -0.244. The molecule has 3 heteroatoms. The van der Waals surface area contributed by atoms with Crippen LogP contribution in [0.4, 0.5) is 0 Å². The predicted molar refractivity (Wildman–Crippen MR) is 34.4 cm³/mol. The van der Waals surface area contributed by atoms with E-state index in [4.69, 9.17) is 0 Å². The molecule has 10 heavy (non-hydrogen) atoms. The van der Waals surface area contributed by atoms with Crippen LogP contribution >= 0.6 is 0 Å². The number of ether oxygens (including phenoxy) is 1. The summed E-state index contributed by atoms with van der Waals surface area (Å²) in [5.74, 6) is -0.232. The van der Waals surface area contributed by atoms with Crippen LogP contribution in [0.15, 0.2) is 0 Å².